The van der Waals surface area contributed by atoms with Gasteiger partial charge in [-0.3, -0.25) is 9.10 Å². The zero-order valence-corrected chi connectivity index (χ0v) is 15.3. The number of anilines is 2. The van der Waals surface area contributed by atoms with E-state index in [1.165, 1.54) is 11.0 Å². The lowest BCUT2D eigenvalue weighted by atomic mass is 10.2. The van der Waals surface area contributed by atoms with Crippen LogP contribution in [0, 0.1) is 0 Å². The van der Waals surface area contributed by atoms with E-state index in [0.717, 1.165) is 10.6 Å². The summed E-state index contributed by atoms with van der Waals surface area (Å²) in [7, 11) is -2.05. The molecule has 0 aromatic heterocycles. The van der Waals surface area contributed by atoms with Crippen molar-refractivity contribution in [2.75, 3.05) is 22.5 Å². The molecule has 0 N–H and O–H groups in total. The van der Waals surface area contributed by atoms with Crippen molar-refractivity contribution in [1.29, 1.82) is 0 Å². The fourth-order valence-corrected chi connectivity index (χ4v) is 3.82. The number of likely N-dealkylation sites (N-methyl/N-ethyl adjacent to an activating group) is 1. The first-order chi connectivity index (χ1) is 11.2. The maximum Gasteiger partial charge on any atom is 0.250 e. The molecule has 1 amide bonds. The molecule has 24 heavy (non-hydrogen) atoms. The van der Waals surface area contributed by atoms with Crippen molar-refractivity contribution in [3.05, 3.63) is 59.6 Å². The highest BCUT2D eigenvalue weighted by molar-refractivity contribution is 7.92. The molecule has 5 nitrogen and oxygen atoms in total. The fraction of sp³-hybridized carbons (Fsp3) is 0.235. The summed E-state index contributed by atoms with van der Waals surface area (Å²) in [5.74, 6) is -0.341. The van der Waals surface area contributed by atoms with Crippen LogP contribution in [0.3, 0.4) is 0 Å². The van der Waals surface area contributed by atoms with E-state index >= 15 is 0 Å². The first kappa shape index (κ1) is 18.3. The highest BCUT2D eigenvalue weighted by Crippen LogP contribution is 2.25. The second kappa shape index (κ2) is 7.23. The van der Waals surface area contributed by atoms with Crippen LogP contribution in [0.5, 0.6) is 0 Å². The van der Waals surface area contributed by atoms with Crippen LogP contribution in [-0.2, 0) is 14.8 Å². The van der Waals surface area contributed by atoms with Gasteiger partial charge in [0.1, 0.15) is 6.04 Å². The van der Waals surface area contributed by atoms with Crippen LogP contribution in [0.4, 0.5) is 11.4 Å². The average Bonchev–Trinajstić information content (AvgIpc) is 2.53. The molecule has 0 unspecified atom stereocenters. The Hall–Kier alpha value is -2.05. The van der Waals surface area contributed by atoms with Gasteiger partial charge >= 0.3 is 0 Å². The Bertz CT molecular complexity index is 825. The zero-order valence-electron chi connectivity index (χ0n) is 13.7. The number of carbonyl (C=O) groups excluding carboxylic acids is 1. The van der Waals surface area contributed by atoms with E-state index in [1.54, 1.807) is 44.3 Å². The van der Waals surface area contributed by atoms with Crippen LogP contribution in [0.2, 0.25) is 5.02 Å². The molecule has 0 saturated heterocycles. The molecule has 0 spiro atoms. The van der Waals surface area contributed by atoms with Crippen molar-refractivity contribution in [1.82, 2.24) is 0 Å². The van der Waals surface area contributed by atoms with Crippen molar-refractivity contribution >= 4 is 38.9 Å². The van der Waals surface area contributed by atoms with Crippen LogP contribution in [0.15, 0.2) is 54.6 Å². The minimum atomic E-state index is -3.67. The van der Waals surface area contributed by atoms with Gasteiger partial charge in [0.05, 0.1) is 11.9 Å². The summed E-state index contributed by atoms with van der Waals surface area (Å²) in [6, 6.07) is 14.6. The van der Waals surface area contributed by atoms with E-state index in [4.69, 9.17) is 11.6 Å². The largest absolute Gasteiger partial charge is 0.314 e. The van der Waals surface area contributed by atoms with E-state index in [-0.39, 0.29) is 5.91 Å². The smallest absolute Gasteiger partial charge is 0.250 e. The van der Waals surface area contributed by atoms with Gasteiger partial charge in [-0.2, -0.15) is 0 Å². The standard InChI is InChI=1S/C17H19ClN2O3S/c1-13(17(21)19(2)15-9-5-4-6-10-15)20(24(3,22)23)16-11-7-8-14(18)12-16/h4-13H,1-3H3/t13-/m1/s1. The predicted molar refractivity (Wildman–Crippen MR) is 98.1 cm³/mol. The van der Waals surface area contributed by atoms with E-state index in [1.807, 2.05) is 18.2 Å². The number of rotatable bonds is 5. The van der Waals surface area contributed by atoms with Crippen molar-refractivity contribution in [2.24, 2.45) is 0 Å². The molecule has 2 aromatic rings. The maximum absolute atomic E-state index is 12.8. The van der Waals surface area contributed by atoms with Gasteiger partial charge in [0.25, 0.3) is 0 Å². The van der Waals surface area contributed by atoms with Gasteiger partial charge in [0.2, 0.25) is 15.9 Å². The fourth-order valence-electron chi connectivity index (χ4n) is 2.47. The molecule has 0 heterocycles. The Labute approximate surface area is 147 Å². The molecule has 0 aliphatic rings. The Morgan fingerprint density at radius 2 is 1.62 bits per heavy atom. The molecule has 7 heteroatoms. The number of para-hydroxylation sites is 1. The van der Waals surface area contributed by atoms with Crippen molar-refractivity contribution < 1.29 is 13.2 Å². The van der Waals surface area contributed by atoms with Gasteiger partial charge in [-0.05, 0) is 37.3 Å². The molecule has 0 bridgehead atoms. The van der Waals surface area contributed by atoms with Crippen molar-refractivity contribution in [3.8, 4) is 0 Å². The van der Waals surface area contributed by atoms with Gasteiger partial charge in [-0.15, -0.1) is 0 Å². The minimum Gasteiger partial charge on any atom is -0.314 e. The summed E-state index contributed by atoms with van der Waals surface area (Å²) in [5, 5.41) is 0.400. The lowest BCUT2D eigenvalue weighted by Crippen LogP contribution is -2.48. The second-order valence-electron chi connectivity index (χ2n) is 5.45. The molecule has 0 fully saturated rings. The van der Waals surface area contributed by atoms with Crippen LogP contribution in [0.25, 0.3) is 0 Å². The maximum atomic E-state index is 12.8. The molecular formula is C17H19ClN2O3S. The average molecular weight is 367 g/mol. The normalized spacial score (nSPS) is 12.5. The third-order valence-electron chi connectivity index (χ3n) is 3.60. The number of hydrogen-bond donors (Lipinski definition) is 0. The highest BCUT2D eigenvalue weighted by atomic mass is 35.5. The third-order valence-corrected chi connectivity index (χ3v) is 5.08. The summed E-state index contributed by atoms with van der Waals surface area (Å²) in [4.78, 5) is 14.2. The van der Waals surface area contributed by atoms with E-state index in [0.29, 0.717) is 16.4 Å². The van der Waals surface area contributed by atoms with Crippen LogP contribution < -0.4 is 9.21 Å². The Balaban J connectivity index is 2.38. The Morgan fingerprint density at radius 3 is 2.17 bits per heavy atom. The molecule has 0 aliphatic carbocycles. The topological polar surface area (TPSA) is 57.7 Å². The quantitative estimate of drug-likeness (QED) is 0.816. The summed E-state index contributed by atoms with van der Waals surface area (Å²) in [6.07, 6.45) is 1.07. The summed E-state index contributed by atoms with van der Waals surface area (Å²) in [6.45, 7) is 1.56. The van der Waals surface area contributed by atoms with Gasteiger partial charge in [0, 0.05) is 17.8 Å². The second-order valence-corrected chi connectivity index (χ2v) is 7.74. The molecule has 1 atom stereocenters. The number of hydrogen-bond acceptors (Lipinski definition) is 3. The van der Waals surface area contributed by atoms with Gasteiger partial charge in [0.15, 0.2) is 0 Å². The van der Waals surface area contributed by atoms with Crippen LogP contribution in [-0.4, -0.2) is 33.7 Å². The van der Waals surface area contributed by atoms with E-state index in [2.05, 4.69) is 0 Å². The summed E-state index contributed by atoms with van der Waals surface area (Å²) < 4.78 is 25.6. The van der Waals surface area contributed by atoms with E-state index in [9.17, 15) is 13.2 Å². The molecule has 2 aromatic carbocycles. The molecule has 0 radical (unpaired) electrons. The van der Waals surface area contributed by atoms with Crippen molar-refractivity contribution in [2.45, 2.75) is 13.0 Å². The van der Waals surface area contributed by atoms with Crippen LogP contribution >= 0.6 is 11.6 Å². The monoisotopic (exact) mass is 366 g/mol. The Morgan fingerprint density at radius 1 is 1.04 bits per heavy atom. The number of sulfonamides is 1. The highest BCUT2D eigenvalue weighted by Gasteiger charge is 2.31. The lowest BCUT2D eigenvalue weighted by Gasteiger charge is -2.31. The molecule has 0 saturated carbocycles. The van der Waals surface area contributed by atoms with Gasteiger partial charge < -0.3 is 4.90 Å². The number of amides is 1. The molecule has 2 rings (SSSR count). The molecular weight excluding hydrogens is 348 g/mol. The first-order valence-electron chi connectivity index (χ1n) is 7.29. The van der Waals surface area contributed by atoms with Gasteiger partial charge in [-0.1, -0.05) is 35.9 Å². The predicted octanol–water partition coefficient (Wildman–Crippen LogP) is 3.16. The Kier molecular flexibility index (Phi) is 5.51. The number of halogens is 1. The minimum absolute atomic E-state index is 0.341. The molecule has 128 valence electrons. The van der Waals surface area contributed by atoms with Crippen LogP contribution in [0.1, 0.15) is 6.92 Å². The zero-order chi connectivity index (χ0) is 17.9. The number of benzene rings is 2. The first-order valence-corrected chi connectivity index (χ1v) is 9.52. The number of carbonyl (C=O) groups is 1. The van der Waals surface area contributed by atoms with Gasteiger partial charge in [-0.25, -0.2) is 8.42 Å². The summed E-state index contributed by atoms with van der Waals surface area (Å²) >= 11 is 5.96. The van der Waals surface area contributed by atoms with E-state index < -0.39 is 16.1 Å². The number of nitrogens with zero attached hydrogens (tertiary/aromatic N) is 2. The lowest BCUT2D eigenvalue weighted by molar-refractivity contribution is -0.119. The third kappa shape index (κ3) is 4.07. The summed E-state index contributed by atoms with van der Waals surface area (Å²) in [5.41, 5.74) is 1.04. The SMILES string of the molecule is C[C@H](C(=O)N(C)c1ccccc1)N(c1cccc(Cl)c1)S(C)(=O)=O. The van der Waals surface area contributed by atoms with Crippen molar-refractivity contribution in [3.63, 3.8) is 0 Å². The molecule has 0 aliphatic heterocycles.